The molecule has 0 spiro atoms. The normalized spacial score (nSPS) is 14.4. The number of hydrogen-bond acceptors (Lipinski definition) is 4. The largest absolute Gasteiger partial charge is 0.231 e. The van der Waals surface area contributed by atoms with Gasteiger partial charge in [0.1, 0.15) is 10.7 Å². The maximum Gasteiger partial charge on any atom is 0.168 e. The fourth-order valence-electron chi connectivity index (χ4n) is 4.37. The van der Waals surface area contributed by atoms with Crippen molar-refractivity contribution in [3.8, 4) is 27.6 Å². The van der Waals surface area contributed by atoms with E-state index in [0.717, 1.165) is 50.6 Å². The lowest BCUT2D eigenvalue weighted by atomic mass is 10.1. The van der Waals surface area contributed by atoms with E-state index < -0.39 is 0 Å². The molecular weight excluding hydrogens is 483 g/mol. The maximum absolute atomic E-state index is 6.56. The lowest BCUT2D eigenvalue weighted by molar-refractivity contribution is 0.542. The summed E-state index contributed by atoms with van der Waals surface area (Å²) in [6, 6.07) is 13.2. The van der Waals surface area contributed by atoms with Crippen LogP contribution in [0.1, 0.15) is 36.3 Å². The molecule has 0 aliphatic heterocycles. The zero-order valence-electron chi connectivity index (χ0n) is 17.5. The van der Waals surface area contributed by atoms with E-state index in [-0.39, 0.29) is 0 Å². The van der Waals surface area contributed by atoms with Gasteiger partial charge in [0.05, 0.1) is 16.4 Å². The molecule has 1 saturated carbocycles. The Hall–Kier alpha value is -1.92. The minimum absolute atomic E-state index is 0.529. The Bertz CT molecular complexity index is 1260. The Morgan fingerprint density at radius 1 is 0.969 bits per heavy atom. The summed E-state index contributed by atoms with van der Waals surface area (Å²) in [6.07, 6.45) is 6.24. The topological polar surface area (TPSA) is 43.6 Å². The number of halogens is 3. The smallest absolute Gasteiger partial charge is 0.168 e. The molecule has 2 heterocycles. The predicted molar refractivity (Wildman–Crippen MR) is 133 cm³/mol. The highest BCUT2D eigenvalue weighted by molar-refractivity contribution is 7.14. The van der Waals surface area contributed by atoms with E-state index in [1.807, 2.05) is 41.1 Å². The van der Waals surface area contributed by atoms with Crippen LogP contribution in [0, 0.1) is 12.8 Å². The van der Waals surface area contributed by atoms with Crippen molar-refractivity contribution in [2.24, 2.45) is 5.92 Å². The van der Waals surface area contributed by atoms with Crippen molar-refractivity contribution in [2.75, 3.05) is 0 Å². The summed E-state index contributed by atoms with van der Waals surface area (Å²) in [6.45, 7) is 2.06. The Balaban J connectivity index is 1.61. The second-order valence-electron chi connectivity index (χ2n) is 8.19. The Kier molecular flexibility index (Phi) is 6.26. The Morgan fingerprint density at radius 3 is 2.41 bits per heavy atom. The van der Waals surface area contributed by atoms with Gasteiger partial charge in [-0.15, -0.1) is 10.2 Å². The Labute approximate surface area is 206 Å². The summed E-state index contributed by atoms with van der Waals surface area (Å²) in [5.74, 6) is 0.729. The monoisotopic (exact) mass is 502 g/mol. The lowest BCUT2D eigenvalue weighted by Crippen LogP contribution is -2.00. The molecule has 1 aliphatic carbocycles. The molecule has 1 fully saturated rings. The van der Waals surface area contributed by atoms with E-state index in [9.17, 15) is 0 Å². The van der Waals surface area contributed by atoms with Crippen molar-refractivity contribution in [2.45, 2.75) is 39.0 Å². The van der Waals surface area contributed by atoms with Crippen molar-refractivity contribution in [3.63, 3.8) is 0 Å². The SMILES string of the molecule is Cc1c(-c2nnc(CC3CCCC3)s2)nn(-c2ccc(Cl)cc2Cl)c1-c1ccc(Cl)cc1. The van der Waals surface area contributed by atoms with E-state index >= 15 is 0 Å². The molecule has 0 amide bonds. The molecule has 8 heteroatoms. The van der Waals surface area contributed by atoms with Gasteiger partial charge in [0.15, 0.2) is 5.01 Å². The summed E-state index contributed by atoms with van der Waals surface area (Å²) in [5.41, 5.74) is 4.52. The van der Waals surface area contributed by atoms with Gasteiger partial charge in [-0.25, -0.2) is 4.68 Å². The predicted octanol–water partition coefficient (Wildman–Crippen LogP) is 8.06. The first-order valence-electron chi connectivity index (χ1n) is 10.6. The van der Waals surface area contributed by atoms with Crippen molar-refractivity contribution in [3.05, 3.63) is 68.1 Å². The van der Waals surface area contributed by atoms with E-state index in [1.54, 1.807) is 17.4 Å². The molecule has 5 rings (SSSR count). The molecule has 0 N–H and O–H groups in total. The van der Waals surface area contributed by atoms with Gasteiger partial charge in [-0.1, -0.05) is 84.0 Å². The van der Waals surface area contributed by atoms with E-state index in [4.69, 9.17) is 39.9 Å². The summed E-state index contributed by atoms with van der Waals surface area (Å²) >= 11 is 20.5. The quantitative estimate of drug-likeness (QED) is 0.276. The molecule has 2 aromatic heterocycles. The van der Waals surface area contributed by atoms with Gasteiger partial charge in [0, 0.05) is 27.6 Å². The highest BCUT2D eigenvalue weighted by Gasteiger charge is 2.24. The van der Waals surface area contributed by atoms with E-state index in [0.29, 0.717) is 15.1 Å². The molecule has 0 radical (unpaired) electrons. The molecule has 164 valence electrons. The summed E-state index contributed by atoms with van der Waals surface area (Å²) in [4.78, 5) is 0. The van der Waals surface area contributed by atoms with Gasteiger partial charge in [-0.05, 0) is 43.2 Å². The third kappa shape index (κ3) is 4.32. The zero-order chi connectivity index (χ0) is 22.2. The van der Waals surface area contributed by atoms with Crippen LogP contribution in [0.3, 0.4) is 0 Å². The molecule has 0 saturated heterocycles. The minimum Gasteiger partial charge on any atom is -0.231 e. The number of benzene rings is 2. The Morgan fingerprint density at radius 2 is 1.69 bits per heavy atom. The van der Waals surface area contributed by atoms with Crippen LogP contribution >= 0.6 is 46.1 Å². The first-order valence-corrected chi connectivity index (χ1v) is 12.6. The van der Waals surface area contributed by atoms with Crippen LogP contribution in [0.2, 0.25) is 15.1 Å². The second kappa shape index (κ2) is 9.14. The van der Waals surface area contributed by atoms with Crippen LogP contribution in [0.25, 0.3) is 27.6 Å². The first kappa shape index (κ1) is 21.9. The summed E-state index contributed by atoms with van der Waals surface area (Å²) in [7, 11) is 0. The van der Waals surface area contributed by atoms with Gasteiger partial charge in [-0.2, -0.15) is 5.10 Å². The highest BCUT2D eigenvalue weighted by atomic mass is 35.5. The number of aromatic nitrogens is 4. The average Bonchev–Trinajstić information content (AvgIpc) is 3.50. The third-order valence-electron chi connectivity index (χ3n) is 5.99. The average molecular weight is 504 g/mol. The summed E-state index contributed by atoms with van der Waals surface area (Å²) in [5, 5.41) is 17.6. The molecule has 0 atom stereocenters. The van der Waals surface area contributed by atoms with Gasteiger partial charge in [-0.3, -0.25) is 0 Å². The van der Waals surface area contributed by atoms with E-state index in [1.165, 1.54) is 25.7 Å². The first-order chi connectivity index (χ1) is 15.5. The number of rotatable bonds is 5. The van der Waals surface area contributed by atoms with Crippen LogP contribution in [-0.2, 0) is 6.42 Å². The van der Waals surface area contributed by atoms with Crippen LogP contribution in [0.15, 0.2) is 42.5 Å². The highest BCUT2D eigenvalue weighted by Crippen LogP contribution is 2.38. The molecule has 4 aromatic rings. The van der Waals surface area contributed by atoms with Gasteiger partial charge in [0.25, 0.3) is 0 Å². The molecule has 32 heavy (non-hydrogen) atoms. The van der Waals surface area contributed by atoms with Crippen LogP contribution < -0.4 is 0 Å². The third-order valence-corrected chi connectivity index (χ3v) is 7.73. The maximum atomic E-state index is 6.56. The fourth-order valence-corrected chi connectivity index (χ4v) is 5.98. The van der Waals surface area contributed by atoms with Crippen molar-refractivity contribution in [1.82, 2.24) is 20.0 Å². The molecule has 2 aromatic carbocycles. The molecule has 4 nitrogen and oxygen atoms in total. The molecule has 0 unspecified atom stereocenters. The van der Waals surface area contributed by atoms with Gasteiger partial charge < -0.3 is 0 Å². The lowest BCUT2D eigenvalue weighted by Gasteiger charge is -2.11. The standard InChI is InChI=1S/C24H21Cl3N4S/c1-14-22(24-29-28-21(32-24)12-15-4-2-3-5-15)30-31(20-11-10-18(26)13-19(20)27)23(14)16-6-8-17(25)9-7-16/h6-11,13,15H,2-5,12H2,1H3. The summed E-state index contributed by atoms with van der Waals surface area (Å²) < 4.78 is 1.87. The molecule has 1 aliphatic rings. The second-order valence-corrected chi connectivity index (χ2v) is 10.5. The van der Waals surface area contributed by atoms with Crippen molar-refractivity contribution in [1.29, 1.82) is 0 Å². The van der Waals surface area contributed by atoms with Crippen LogP contribution in [-0.4, -0.2) is 20.0 Å². The zero-order valence-corrected chi connectivity index (χ0v) is 20.6. The van der Waals surface area contributed by atoms with Gasteiger partial charge in [0.2, 0.25) is 0 Å². The van der Waals surface area contributed by atoms with Gasteiger partial charge >= 0.3 is 0 Å². The number of nitrogens with zero attached hydrogens (tertiary/aromatic N) is 4. The van der Waals surface area contributed by atoms with E-state index in [2.05, 4.69) is 17.1 Å². The fraction of sp³-hybridized carbons (Fsp3) is 0.292. The van der Waals surface area contributed by atoms with Crippen molar-refractivity contribution < 1.29 is 0 Å². The van der Waals surface area contributed by atoms with Crippen LogP contribution in [0.5, 0.6) is 0 Å². The molecule has 0 bridgehead atoms. The molecular formula is C24H21Cl3N4S. The number of hydrogen-bond donors (Lipinski definition) is 0. The minimum atomic E-state index is 0.529. The van der Waals surface area contributed by atoms with Crippen LogP contribution in [0.4, 0.5) is 0 Å². The van der Waals surface area contributed by atoms with Crippen molar-refractivity contribution >= 4 is 46.1 Å².